The number of carboxylic acids is 1. The Morgan fingerprint density at radius 1 is 1.47 bits per heavy atom. The second-order valence-corrected chi connectivity index (χ2v) is 3.92. The first kappa shape index (κ1) is 13.0. The van der Waals surface area contributed by atoms with Gasteiger partial charge in [-0.3, -0.25) is 0 Å². The molecule has 0 aliphatic rings. The fourth-order valence-corrected chi connectivity index (χ4v) is 1.59. The van der Waals surface area contributed by atoms with Gasteiger partial charge in [-0.2, -0.15) is 4.98 Å². The van der Waals surface area contributed by atoms with E-state index in [4.69, 9.17) is 5.11 Å². The standard InChI is InChI=1S/C12H14N4O3/c1-2-9-5-8(12(17)18)6-11(15-9)13-4-3-10-14-7-19-16-10/h5-7H,2-4H2,1H3,(H,13,15)(H,17,18). The molecular weight excluding hydrogens is 248 g/mol. The molecule has 0 bridgehead atoms. The van der Waals surface area contributed by atoms with Crippen LogP contribution in [0.4, 0.5) is 5.82 Å². The summed E-state index contributed by atoms with van der Waals surface area (Å²) in [6.07, 6.45) is 2.53. The van der Waals surface area contributed by atoms with Crippen molar-refractivity contribution in [2.75, 3.05) is 11.9 Å². The molecule has 0 fully saturated rings. The zero-order valence-corrected chi connectivity index (χ0v) is 10.5. The van der Waals surface area contributed by atoms with Crippen molar-refractivity contribution in [1.82, 2.24) is 15.1 Å². The number of hydrogen-bond donors (Lipinski definition) is 2. The van der Waals surface area contributed by atoms with Crippen LogP contribution < -0.4 is 5.32 Å². The molecule has 0 saturated heterocycles. The third-order valence-electron chi connectivity index (χ3n) is 2.55. The molecule has 2 heterocycles. The Kier molecular flexibility index (Phi) is 4.07. The molecule has 0 radical (unpaired) electrons. The van der Waals surface area contributed by atoms with Crippen molar-refractivity contribution in [2.24, 2.45) is 0 Å². The molecule has 2 rings (SSSR count). The number of aryl methyl sites for hydroxylation is 1. The van der Waals surface area contributed by atoms with Crippen LogP contribution in [0.25, 0.3) is 0 Å². The zero-order chi connectivity index (χ0) is 13.7. The molecule has 0 spiro atoms. The highest BCUT2D eigenvalue weighted by atomic mass is 16.5. The van der Waals surface area contributed by atoms with Crippen molar-refractivity contribution < 1.29 is 14.4 Å². The van der Waals surface area contributed by atoms with E-state index in [9.17, 15) is 4.79 Å². The van der Waals surface area contributed by atoms with E-state index in [1.165, 1.54) is 12.5 Å². The maximum Gasteiger partial charge on any atom is 0.335 e. The summed E-state index contributed by atoms with van der Waals surface area (Å²) in [4.78, 5) is 19.2. The largest absolute Gasteiger partial charge is 0.478 e. The SMILES string of the molecule is CCc1cc(C(=O)O)cc(NCCc2ncon2)n1. The van der Waals surface area contributed by atoms with Crippen molar-refractivity contribution in [2.45, 2.75) is 19.8 Å². The van der Waals surface area contributed by atoms with Crippen molar-refractivity contribution in [3.63, 3.8) is 0 Å². The van der Waals surface area contributed by atoms with Gasteiger partial charge in [0.15, 0.2) is 5.82 Å². The third-order valence-corrected chi connectivity index (χ3v) is 2.55. The van der Waals surface area contributed by atoms with E-state index in [-0.39, 0.29) is 5.56 Å². The second-order valence-electron chi connectivity index (χ2n) is 3.92. The number of anilines is 1. The zero-order valence-electron chi connectivity index (χ0n) is 10.5. The van der Waals surface area contributed by atoms with Crippen molar-refractivity contribution in [1.29, 1.82) is 0 Å². The fourth-order valence-electron chi connectivity index (χ4n) is 1.59. The summed E-state index contributed by atoms with van der Waals surface area (Å²) < 4.78 is 4.62. The van der Waals surface area contributed by atoms with Gasteiger partial charge in [-0.15, -0.1) is 0 Å². The van der Waals surface area contributed by atoms with E-state index in [0.29, 0.717) is 31.0 Å². The van der Waals surface area contributed by atoms with Gasteiger partial charge in [-0.1, -0.05) is 12.1 Å². The second kappa shape index (κ2) is 5.94. The van der Waals surface area contributed by atoms with Crippen LogP contribution in [0.3, 0.4) is 0 Å². The summed E-state index contributed by atoms with van der Waals surface area (Å²) in [6.45, 7) is 2.48. The van der Waals surface area contributed by atoms with Crippen molar-refractivity contribution >= 4 is 11.8 Å². The first-order chi connectivity index (χ1) is 9.19. The van der Waals surface area contributed by atoms with Gasteiger partial charge in [0.1, 0.15) is 5.82 Å². The molecule has 2 N–H and O–H groups in total. The van der Waals surface area contributed by atoms with Crippen LogP contribution >= 0.6 is 0 Å². The lowest BCUT2D eigenvalue weighted by Gasteiger charge is -2.07. The van der Waals surface area contributed by atoms with E-state index >= 15 is 0 Å². The normalized spacial score (nSPS) is 10.4. The number of nitrogens with zero attached hydrogens (tertiary/aromatic N) is 3. The van der Waals surface area contributed by atoms with E-state index in [2.05, 4.69) is 25.0 Å². The van der Waals surface area contributed by atoms with E-state index in [1.807, 2.05) is 6.92 Å². The van der Waals surface area contributed by atoms with Gasteiger partial charge >= 0.3 is 5.97 Å². The average molecular weight is 262 g/mol. The number of aromatic carboxylic acids is 1. The van der Waals surface area contributed by atoms with Crippen LogP contribution in [0.15, 0.2) is 23.0 Å². The molecule has 0 amide bonds. The maximum absolute atomic E-state index is 11.0. The minimum absolute atomic E-state index is 0.230. The molecule has 0 aliphatic heterocycles. The van der Waals surface area contributed by atoms with Gasteiger partial charge in [0, 0.05) is 18.7 Å². The molecule has 7 nitrogen and oxygen atoms in total. The number of aromatic nitrogens is 3. The lowest BCUT2D eigenvalue weighted by molar-refractivity contribution is 0.0696. The number of nitrogens with one attached hydrogen (secondary N) is 1. The lowest BCUT2D eigenvalue weighted by atomic mass is 10.2. The Balaban J connectivity index is 2.02. The molecule has 100 valence electrons. The quantitative estimate of drug-likeness (QED) is 0.810. The summed E-state index contributed by atoms with van der Waals surface area (Å²) in [6, 6.07) is 3.09. The minimum Gasteiger partial charge on any atom is -0.478 e. The Hall–Kier alpha value is -2.44. The van der Waals surface area contributed by atoms with Crippen LogP contribution in [0.1, 0.15) is 28.8 Å². The highest BCUT2D eigenvalue weighted by Gasteiger charge is 2.07. The summed E-state index contributed by atoms with van der Waals surface area (Å²) in [7, 11) is 0. The molecule has 7 heteroatoms. The monoisotopic (exact) mass is 262 g/mol. The molecule has 0 saturated carbocycles. The Labute approximate surface area is 109 Å². The molecule has 2 aromatic heterocycles. The van der Waals surface area contributed by atoms with Crippen LogP contribution in [-0.2, 0) is 12.8 Å². The average Bonchev–Trinajstić information content (AvgIpc) is 2.91. The number of hydrogen-bond acceptors (Lipinski definition) is 6. The first-order valence-corrected chi connectivity index (χ1v) is 5.92. The van der Waals surface area contributed by atoms with Crippen LogP contribution in [-0.4, -0.2) is 32.7 Å². The first-order valence-electron chi connectivity index (χ1n) is 5.92. The number of carbonyl (C=O) groups is 1. The summed E-state index contributed by atoms with van der Waals surface area (Å²) in [5, 5.41) is 15.8. The maximum atomic E-state index is 11.0. The number of rotatable bonds is 6. The van der Waals surface area contributed by atoms with Gasteiger partial charge in [0.25, 0.3) is 0 Å². The topological polar surface area (TPSA) is 101 Å². The molecule has 0 unspecified atom stereocenters. The van der Waals surface area contributed by atoms with Gasteiger partial charge in [-0.25, -0.2) is 9.78 Å². The predicted molar refractivity (Wildman–Crippen MR) is 67.1 cm³/mol. The molecule has 19 heavy (non-hydrogen) atoms. The highest BCUT2D eigenvalue weighted by Crippen LogP contribution is 2.11. The summed E-state index contributed by atoms with van der Waals surface area (Å²) >= 11 is 0. The Morgan fingerprint density at radius 2 is 2.32 bits per heavy atom. The summed E-state index contributed by atoms with van der Waals surface area (Å²) in [5.74, 6) is 0.177. The van der Waals surface area contributed by atoms with Gasteiger partial charge in [-0.05, 0) is 18.6 Å². The minimum atomic E-state index is -0.960. The van der Waals surface area contributed by atoms with Gasteiger partial charge < -0.3 is 14.9 Å². The van der Waals surface area contributed by atoms with E-state index in [1.54, 1.807) is 6.07 Å². The number of carboxylic acid groups (broad SMARTS) is 1. The highest BCUT2D eigenvalue weighted by molar-refractivity contribution is 5.88. The van der Waals surface area contributed by atoms with Crippen molar-refractivity contribution in [3.05, 3.63) is 35.6 Å². The van der Waals surface area contributed by atoms with Crippen molar-refractivity contribution in [3.8, 4) is 0 Å². The molecule has 2 aromatic rings. The van der Waals surface area contributed by atoms with Gasteiger partial charge in [0.05, 0.1) is 5.56 Å². The molecule has 0 aromatic carbocycles. The Morgan fingerprint density at radius 3 is 2.95 bits per heavy atom. The fraction of sp³-hybridized carbons (Fsp3) is 0.333. The number of pyridine rings is 1. The van der Waals surface area contributed by atoms with Gasteiger partial charge in [0.2, 0.25) is 6.39 Å². The smallest absolute Gasteiger partial charge is 0.335 e. The van der Waals surface area contributed by atoms with Crippen LogP contribution in [0, 0.1) is 0 Å². The summed E-state index contributed by atoms with van der Waals surface area (Å²) in [5.41, 5.74) is 0.968. The van der Waals surface area contributed by atoms with Crippen LogP contribution in [0.2, 0.25) is 0 Å². The van der Waals surface area contributed by atoms with E-state index < -0.39 is 5.97 Å². The Bertz CT molecular complexity index is 554. The molecular formula is C12H14N4O3. The molecule has 0 atom stereocenters. The lowest BCUT2D eigenvalue weighted by Crippen LogP contribution is -2.09. The predicted octanol–water partition coefficient (Wildman–Crippen LogP) is 1.38. The third kappa shape index (κ3) is 3.51. The van der Waals surface area contributed by atoms with Crippen LogP contribution in [0.5, 0.6) is 0 Å². The van der Waals surface area contributed by atoms with E-state index in [0.717, 1.165) is 5.69 Å². The molecule has 0 aliphatic carbocycles.